The Morgan fingerprint density at radius 1 is 1.11 bits per heavy atom. The normalized spacial score (nSPS) is 16.5. The van der Waals surface area contributed by atoms with Crippen molar-refractivity contribution in [1.82, 2.24) is 9.78 Å². The molecule has 0 aliphatic heterocycles. The van der Waals surface area contributed by atoms with Crippen molar-refractivity contribution in [2.75, 3.05) is 0 Å². The van der Waals surface area contributed by atoms with E-state index in [0.717, 1.165) is 18.5 Å². The van der Waals surface area contributed by atoms with E-state index < -0.39 is 0 Å². The first-order chi connectivity index (χ1) is 9.34. The molecular weight excluding hydrogens is 260 g/mol. The van der Waals surface area contributed by atoms with Gasteiger partial charge in [-0.2, -0.15) is 5.10 Å². The Kier molecular flexibility index (Phi) is 3.74. The van der Waals surface area contributed by atoms with Crippen molar-refractivity contribution in [2.24, 2.45) is 0 Å². The van der Waals surface area contributed by atoms with Crippen molar-refractivity contribution in [1.29, 1.82) is 0 Å². The molecule has 1 heterocycles. The second kappa shape index (κ2) is 5.66. The number of hydrogen-bond acceptors (Lipinski definition) is 2. The third-order valence-electron chi connectivity index (χ3n) is 3.53. The summed E-state index contributed by atoms with van der Waals surface area (Å²) in [4.78, 5) is 0. The van der Waals surface area contributed by atoms with E-state index >= 15 is 0 Å². The summed E-state index contributed by atoms with van der Waals surface area (Å²) in [5.41, 5.74) is 0.950. The molecule has 1 fully saturated rings. The molecule has 0 N–H and O–H groups in total. The number of ether oxygens (including phenoxy) is 1. The summed E-state index contributed by atoms with van der Waals surface area (Å²) < 4.78 is 7.68. The topological polar surface area (TPSA) is 27.1 Å². The number of rotatable bonds is 3. The van der Waals surface area contributed by atoms with Crippen LogP contribution in [0.4, 0.5) is 0 Å². The molecule has 2 aromatic rings. The fourth-order valence-corrected chi connectivity index (χ4v) is 2.74. The lowest BCUT2D eigenvalue weighted by Gasteiger charge is -2.22. The number of hydrogen-bond donors (Lipinski definition) is 0. The zero-order chi connectivity index (χ0) is 13.1. The molecule has 4 heteroatoms. The Morgan fingerprint density at radius 3 is 2.58 bits per heavy atom. The maximum atomic E-state index is 6.35. The molecule has 0 spiro atoms. The van der Waals surface area contributed by atoms with Gasteiger partial charge in [-0.3, -0.25) is 0 Å². The van der Waals surface area contributed by atoms with Gasteiger partial charge in [0, 0.05) is 0 Å². The van der Waals surface area contributed by atoms with Gasteiger partial charge in [-0.1, -0.05) is 36.2 Å². The SMILES string of the molecule is Clc1c(OC2CCCCC2)cnn1-c1ccccc1. The second-order valence-electron chi connectivity index (χ2n) is 4.92. The van der Waals surface area contributed by atoms with Crippen LogP contribution in [-0.2, 0) is 0 Å². The minimum atomic E-state index is 0.291. The number of para-hydroxylation sites is 1. The van der Waals surface area contributed by atoms with Crippen LogP contribution in [0.1, 0.15) is 32.1 Å². The largest absolute Gasteiger partial charge is 0.485 e. The lowest BCUT2D eigenvalue weighted by molar-refractivity contribution is 0.155. The van der Waals surface area contributed by atoms with Crippen LogP contribution in [0, 0.1) is 0 Å². The average Bonchev–Trinajstić information content (AvgIpc) is 2.82. The van der Waals surface area contributed by atoms with Gasteiger partial charge in [0.15, 0.2) is 10.9 Å². The Labute approximate surface area is 118 Å². The van der Waals surface area contributed by atoms with Crippen molar-refractivity contribution in [3.63, 3.8) is 0 Å². The van der Waals surface area contributed by atoms with Gasteiger partial charge in [0.25, 0.3) is 0 Å². The molecular formula is C15H17ClN2O. The van der Waals surface area contributed by atoms with Crippen LogP contribution >= 0.6 is 11.6 Å². The Morgan fingerprint density at radius 2 is 1.84 bits per heavy atom. The van der Waals surface area contributed by atoms with Crippen LogP contribution in [0.3, 0.4) is 0 Å². The zero-order valence-corrected chi connectivity index (χ0v) is 11.5. The van der Waals surface area contributed by atoms with Crippen LogP contribution < -0.4 is 4.74 Å². The summed E-state index contributed by atoms with van der Waals surface area (Å²) >= 11 is 6.35. The molecule has 0 amide bonds. The van der Waals surface area contributed by atoms with Crippen molar-refractivity contribution >= 4 is 11.6 Å². The quantitative estimate of drug-likeness (QED) is 0.838. The summed E-state index contributed by atoms with van der Waals surface area (Å²) in [5, 5.41) is 4.86. The van der Waals surface area contributed by atoms with E-state index in [9.17, 15) is 0 Å². The highest BCUT2D eigenvalue weighted by molar-refractivity contribution is 6.31. The fraction of sp³-hybridized carbons (Fsp3) is 0.400. The van der Waals surface area contributed by atoms with Gasteiger partial charge < -0.3 is 4.74 Å². The molecule has 1 aromatic heterocycles. The van der Waals surface area contributed by atoms with E-state index in [1.54, 1.807) is 10.9 Å². The molecule has 0 radical (unpaired) electrons. The second-order valence-corrected chi connectivity index (χ2v) is 5.28. The molecule has 1 aromatic carbocycles. The highest BCUT2D eigenvalue weighted by atomic mass is 35.5. The van der Waals surface area contributed by atoms with Crippen LogP contribution in [0.2, 0.25) is 5.15 Å². The van der Waals surface area contributed by atoms with E-state index in [-0.39, 0.29) is 0 Å². The number of benzene rings is 1. The van der Waals surface area contributed by atoms with E-state index in [1.807, 2.05) is 30.3 Å². The number of nitrogens with zero attached hydrogens (tertiary/aromatic N) is 2. The Balaban J connectivity index is 1.79. The van der Waals surface area contributed by atoms with E-state index in [1.165, 1.54) is 19.3 Å². The van der Waals surface area contributed by atoms with Crippen molar-refractivity contribution < 1.29 is 4.74 Å². The standard InChI is InChI=1S/C15H17ClN2O/c16-15-14(19-13-9-5-2-6-10-13)11-17-18(15)12-7-3-1-4-8-12/h1,3-4,7-8,11,13H,2,5-6,9-10H2. The van der Waals surface area contributed by atoms with E-state index in [0.29, 0.717) is 17.0 Å². The summed E-state index contributed by atoms with van der Waals surface area (Å²) in [7, 11) is 0. The van der Waals surface area contributed by atoms with Gasteiger partial charge in [-0.05, 0) is 37.8 Å². The van der Waals surface area contributed by atoms with Crippen LogP contribution in [0.15, 0.2) is 36.5 Å². The van der Waals surface area contributed by atoms with Crippen molar-refractivity contribution in [3.8, 4) is 11.4 Å². The minimum Gasteiger partial charge on any atom is -0.485 e. The molecule has 0 saturated heterocycles. The summed E-state index contributed by atoms with van der Waals surface area (Å²) in [6.07, 6.45) is 8.05. The van der Waals surface area contributed by atoms with Gasteiger partial charge in [-0.25, -0.2) is 4.68 Å². The Bertz CT molecular complexity index is 532. The van der Waals surface area contributed by atoms with Gasteiger partial charge >= 0.3 is 0 Å². The molecule has 1 aliphatic carbocycles. The van der Waals surface area contributed by atoms with Crippen LogP contribution in [-0.4, -0.2) is 15.9 Å². The van der Waals surface area contributed by atoms with Crippen molar-refractivity contribution in [2.45, 2.75) is 38.2 Å². The first-order valence-electron chi connectivity index (χ1n) is 6.80. The Hall–Kier alpha value is -1.48. The maximum Gasteiger partial charge on any atom is 0.177 e. The van der Waals surface area contributed by atoms with Gasteiger partial charge in [0.05, 0.1) is 18.0 Å². The third-order valence-corrected chi connectivity index (χ3v) is 3.87. The molecule has 3 rings (SSSR count). The smallest absolute Gasteiger partial charge is 0.177 e. The molecule has 0 bridgehead atoms. The summed E-state index contributed by atoms with van der Waals surface area (Å²) in [5.74, 6) is 0.692. The number of halogens is 1. The lowest BCUT2D eigenvalue weighted by atomic mass is 9.98. The maximum absolute atomic E-state index is 6.35. The average molecular weight is 277 g/mol. The summed E-state index contributed by atoms with van der Waals surface area (Å²) in [6, 6.07) is 9.86. The van der Waals surface area contributed by atoms with E-state index in [4.69, 9.17) is 16.3 Å². The minimum absolute atomic E-state index is 0.291. The predicted octanol–water partition coefficient (Wildman–Crippen LogP) is 4.24. The van der Waals surface area contributed by atoms with E-state index in [2.05, 4.69) is 5.10 Å². The molecule has 0 unspecified atom stereocenters. The predicted molar refractivity (Wildman–Crippen MR) is 76.1 cm³/mol. The highest BCUT2D eigenvalue weighted by Gasteiger charge is 2.18. The highest BCUT2D eigenvalue weighted by Crippen LogP contribution is 2.30. The van der Waals surface area contributed by atoms with Crippen LogP contribution in [0.25, 0.3) is 5.69 Å². The molecule has 1 aliphatic rings. The molecule has 100 valence electrons. The molecule has 3 nitrogen and oxygen atoms in total. The fourth-order valence-electron chi connectivity index (χ4n) is 2.51. The molecule has 19 heavy (non-hydrogen) atoms. The number of aromatic nitrogens is 2. The van der Waals surface area contributed by atoms with Gasteiger partial charge in [-0.15, -0.1) is 0 Å². The van der Waals surface area contributed by atoms with Crippen LogP contribution in [0.5, 0.6) is 5.75 Å². The lowest BCUT2D eigenvalue weighted by Crippen LogP contribution is -2.19. The first kappa shape index (κ1) is 12.5. The summed E-state index contributed by atoms with van der Waals surface area (Å²) in [6.45, 7) is 0. The van der Waals surface area contributed by atoms with Crippen molar-refractivity contribution in [3.05, 3.63) is 41.7 Å². The monoisotopic (exact) mass is 276 g/mol. The molecule has 1 saturated carbocycles. The zero-order valence-electron chi connectivity index (χ0n) is 10.8. The first-order valence-corrected chi connectivity index (χ1v) is 7.18. The third kappa shape index (κ3) is 2.76. The van der Waals surface area contributed by atoms with Gasteiger partial charge in [0.1, 0.15) is 0 Å². The molecule has 0 atom stereocenters. The van der Waals surface area contributed by atoms with Gasteiger partial charge in [0.2, 0.25) is 0 Å².